The fourth-order valence-electron chi connectivity index (χ4n) is 3.77. The van der Waals surface area contributed by atoms with Crippen molar-refractivity contribution in [3.8, 4) is 0 Å². The smallest absolute Gasteiger partial charge is 0.0546 e. The fourth-order valence-corrected chi connectivity index (χ4v) is 5.15. The van der Waals surface area contributed by atoms with Gasteiger partial charge >= 0.3 is 0 Å². The molecule has 3 rings (SSSR count). The van der Waals surface area contributed by atoms with Crippen LogP contribution in [0.25, 0.3) is 0 Å². The van der Waals surface area contributed by atoms with Gasteiger partial charge in [0.25, 0.3) is 0 Å². The van der Waals surface area contributed by atoms with Crippen LogP contribution in [0.3, 0.4) is 0 Å². The topological polar surface area (TPSA) is 24.5 Å². The van der Waals surface area contributed by atoms with Crippen LogP contribution in [0.15, 0.2) is 0 Å². The Morgan fingerprint density at radius 2 is 2.00 bits per heavy atom. The molecular weight excluding hydrogens is 268 g/mol. The molecule has 2 saturated heterocycles. The zero-order chi connectivity index (χ0) is 14.0. The minimum absolute atomic E-state index is 0.363. The minimum Gasteiger partial charge on any atom is -0.381 e. The van der Waals surface area contributed by atoms with Crippen molar-refractivity contribution < 1.29 is 4.74 Å². The summed E-state index contributed by atoms with van der Waals surface area (Å²) >= 11 is 2.15. The Morgan fingerprint density at radius 1 is 1.25 bits per heavy atom. The number of thioether (sulfide) groups is 1. The minimum atomic E-state index is 0.363. The highest BCUT2D eigenvalue weighted by Crippen LogP contribution is 2.33. The van der Waals surface area contributed by atoms with Crippen LogP contribution in [-0.2, 0) is 4.74 Å². The second-order valence-corrected chi connectivity index (χ2v) is 9.14. The molecular formula is C16H30N2OS. The maximum Gasteiger partial charge on any atom is 0.0546 e. The van der Waals surface area contributed by atoms with E-state index < -0.39 is 0 Å². The summed E-state index contributed by atoms with van der Waals surface area (Å²) in [7, 11) is 0. The number of rotatable bonds is 5. The van der Waals surface area contributed by atoms with Gasteiger partial charge in [-0.1, -0.05) is 13.8 Å². The van der Waals surface area contributed by atoms with Crippen LogP contribution in [0.2, 0.25) is 0 Å². The molecule has 0 spiro atoms. The highest BCUT2D eigenvalue weighted by molar-refractivity contribution is 8.00. The molecule has 3 fully saturated rings. The van der Waals surface area contributed by atoms with Crippen molar-refractivity contribution in [2.75, 3.05) is 39.4 Å². The Morgan fingerprint density at radius 3 is 2.60 bits per heavy atom. The molecule has 2 aliphatic heterocycles. The molecule has 116 valence electrons. The Bertz CT molecular complexity index is 306. The second kappa shape index (κ2) is 6.55. The van der Waals surface area contributed by atoms with Crippen LogP contribution >= 0.6 is 11.8 Å². The molecule has 20 heavy (non-hydrogen) atoms. The molecule has 1 aliphatic carbocycles. The first-order valence-electron chi connectivity index (χ1n) is 8.34. The third kappa shape index (κ3) is 4.12. The molecule has 3 unspecified atom stereocenters. The van der Waals surface area contributed by atoms with E-state index in [-0.39, 0.29) is 0 Å². The number of hydrogen-bond acceptors (Lipinski definition) is 4. The summed E-state index contributed by atoms with van der Waals surface area (Å²) < 4.78 is 5.86. The largest absolute Gasteiger partial charge is 0.381 e. The van der Waals surface area contributed by atoms with E-state index >= 15 is 0 Å². The van der Waals surface area contributed by atoms with Crippen molar-refractivity contribution in [2.24, 2.45) is 5.41 Å². The Hall–Kier alpha value is 0.230. The molecule has 0 aromatic heterocycles. The van der Waals surface area contributed by atoms with Crippen LogP contribution < -0.4 is 5.32 Å². The summed E-state index contributed by atoms with van der Waals surface area (Å²) in [6, 6.07) is 0.809. The summed E-state index contributed by atoms with van der Waals surface area (Å²) in [6.07, 6.45) is 5.33. The second-order valence-electron chi connectivity index (χ2n) is 7.26. The van der Waals surface area contributed by atoms with Gasteiger partial charge in [-0.3, -0.25) is 0 Å². The average molecular weight is 298 g/mol. The van der Waals surface area contributed by atoms with Crippen molar-refractivity contribution in [2.45, 2.75) is 56.1 Å². The van der Waals surface area contributed by atoms with Gasteiger partial charge in [-0.15, -0.1) is 0 Å². The molecule has 1 saturated carbocycles. The predicted molar refractivity (Wildman–Crippen MR) is 86.5 cm³/mol. The van der Waals surface area contributed by atoms with Crippen molar-refractivity contribution in [1.29, 1.82) is 0 Å². The lowest BCUT2D eigenvalue weighted by Gasteiger charge is -2.44. The summed E-state index contributed by atoms with van der Waals surface area (Å²) in [5.41, 5.74) is 0.363. The molecule has 3 aliphatic rings. The van der Waals surface area contributed by atoms with Crippen LogP contribution in [0.4, 0.5) is 0 Å². The van der Waals surface area contributed by atoms with Crippen molar-refractivity contribution in [1.82, 2.24) is 10.2 Å². The lowest BCUT2D eigenvalue weighted by Crippen LogP contribution is -2.52. The van der Waals surface area contributed by atoms with Gasteiger partial charge < -0.3 is 15.0 Å². The summed E-state index contributed by atoms with van der Waals surface area (Å²) in [4.78, 5) is 2.70. The Balaban J connectivity index is 1.59. The van der Waals surface area contributed by atoms with Crippen LogP contribution in [0.1, 0.15) is 39.5 Å². The predicted octanol–water partition coefficient (Wildman–Crippen LogP) is 2.36. The van der Waals surface area contributed by atoms with Crippen molar-refractivity contribution in [3.05, 3.63) is 0 Å². The molecule has 3 nitrogen and oxygen atoms in total. The third-order valence-corrected chi connectivity index (χ3v) is 6.03. The first-order valence-corrected chi connectivity index (χ1v) is 9.28. The van der Waals surface area contributed by atoms with Gasteiger partial charge in [-0.2, -0.15) is 11.8 Å². The molecule has 0 radical (unpaired) electrons. The molecule has 4 heteroatoms. The van der Waals surface area contributed by atoms with E-state index in [1.807, 2.05) is 0 Å². The SMILES string of the molecule is CC1CN(CC2(CNC3CC3)CCCOC2)CC(C)S1. The summed E-state index contributed by atoms with van der Waals surface area (Å²) in [6.45, 7) is 11.6. The standard InChI is InChI=1S/C16H30N2OS/c1-13-8-18(9-14(2)20-13)11-16(6-3-7-19-12-16)10-17-15-4-5-15/h13-15,17H,3-12H2,1-2H3. The normalized spacial score (nSPS) is 39.9. The van der Waals surface area contributed by atoms with Crippen LogP contribution in [0.5, 0.6) is 0 Å². The molecule has 0 aromatic rings. The molecule has 1 N–H and O–H groups in total. The zero-order valence-corrected chi connectivity index (χ0v) is 13.9. The quantitative estimate of drug-likeness (QED) is 0.842. The van der Waals surface area contributed by atoms with E-state index in [0.29, 0.717) is 5.41 Å². The Labute approximate surface area is 128 Å². The van der Waals surface area contributed by atoms with Gasteiger partial charge in [-0.25, -0.2) is 0 Å². The molecule has 0 aromatic carbocycles. The van der Waals surface area contributed by atoms with E-state index in [0.717, 1.165) is 36.3 Å². The van der Waals surface area contributed by atoms with Gasteiger partial charge in [0.15, 0.2) is 0 Å². The number of hydrogen-bond donors (Lipinski definition) is 1. The first kappa shape index (κ1) is 15.1. The maximum absolute atomic E-state index is 5.86. The molecule has 0 amide bonds. The van der Waals surface area contributed by atoms with E-state index in [4.69, 9.17) is 4.74 Å². The zero-order valence-electron chi connectivity index (χ0n) is 13.1. The lowest BCUT2D eigenvalue weighted by molar-refractivity contribution is -0.0266. The van der Waals surface area contributed by atoms with Crippen LogP contribution in [0, 0.1) is 5.41 Å². The molecule has 2 heterocycles. The van der Waals surface area contributed by atoms with E-state index in [1.165, 1.54) is 45.3 Å². The molecule has 0 bridgehead atoms. The van der Waals surface area contributed by atoms with E-state index in [2.05, 4.69) is 35.8 Å². The van der Waals surface area contributed by atoms with E-state index in [1.54, 1.807) is 0 Å². The Kier molecular flexibility index (Phi) is 4.96. The molecule has 3 atom stereocenters. The van der Waals surface area contributed by atoms with Crippen molar-refractivity contribution in [3.63, 3.8) is 0 Å². The van der Waals surface area contributed by atoms with Gasteiger partial charge in [0.1, 0.15) is 0 Å². The average Bonchev–Trinajstić information content (AvgIpc) is 3.20. The van der Waals surface area contributed by atoms with Gasteiger partial charge in [-0.05, 0) is 25.7 Å². The first-order chi connectivity index (χ1) is 9.65. The highest BCUT2D eigenvalue weighted by Gasteiger charge is 2.37. The summed E-state index contributed by atoms with van der Waals surface area (Å²) in [5.74, 6) is 0. The van der Waals surface area contributed by atoms with Crippen molar-refractivity contribution >= 4 is 11.8 Å². The lowest BCUT2D eigenvalue weighted by atomic mass is 9.81. The maximum atomic E-state index is 5.86. The number of nitrogens with zero attached hydrogens (tertiary/aromatic N) is 1. The van der Waals surface area contributed by atoms with E-state index in [9.17, 15) is 0 Å². The van der Waals surface area contributed by atoms with Gasteiger partial charge in [0, 0.05) is 54.7 Å². The van der Waals surface area contributed by atoms with Gasteiger partial charge in [0.05, 0.1) is 6.61 Å². The number of nitrogens with one attached hydrogen (secondary N) is 1. The van der Waals surface area contributed by atoms with Crippen LogP contribution in [-0.4, -0.2) is 60.8 Å². The third-order valence-electron chi connectivity index (χ3n) is 4.80. The highest BCUT2D eigenvalue weighted by atomic mass is 32.2. The monoisotopic (exact) mass is 298 g/mol. The summed E-state index contributed by atoms with van der Waals surface area (Å²) in [5, 5.41) is 5.32. The number of ether oxygens (including phenoxy) is 1. The fraction of sp³-hybridized carbons (Fsp3) is 1.00. The van der Waals surface area contributed by atoms with Gasteiger partial charge in [0.2, 0.25) is 0 Å².